The number of nitrogens with zero attached hydrogens (tertiary/aromatic N) is 3. The summed E-state index contributed by atoms with van der Waals surface area (Å²) in [6.07, 6.45) is 0.882. The maximum Gasteiger partial charge on any atom is 0.273 e. The summed E-state index contributed by atoms with van der Waals surface area (Å²) in [6, 6.07) is 15.5. The number of anilines is 2. The van der Waals surface area contributed by atoms with Gasteiger partial charge in [-0.3, -0.25) is 9.69 Å². The maximum absolute atomic E-state index is 12.9. The van der Waals surface area contributed by atoms with Crippen LogP contribution in [0.5, 0.6) is 0 Å². The molecule has 1 aliphatic heterocycles. The molecule has 0 atom stereocenters. The lowest BCUT2D eigenvalue weighted by Gasteiger charge is -2.26. The standard InChI is InChI=1S/C23H27N5O2/c1-17-7-9-18(10-8-17)25-22-21(26-19-5-2-3-6-20(19)27-22)23(29)24-11-4-12-28-13-15-30-16-14-28/h2-3,5-10H,4,11-16H2,1H3,(H,24,29)(H,25,27). The molecule has 2 heterocycles. The van der Waals surface area contributed by atoms with E-state index in [2.05, 4.69) is 25.5 Å². The van der Waals surface area contributed by atoms with Crippen molar-refractivity contribution in [2.24, 2.45) is 0 Å². The fraction of sp³-hybridized carbons (Fsp3) is 0.348. The Kier molecular flexibility index (Phi) is 6.51. The number of morpholine rings is 1. The Balaban J connectivity index is 1.47. The van der Waals surface area contributed by atoms with Gasteiger partial charge in [0.1, 0.15) is 0 Å². The molecule has 1 saturated heterocycles. The molecular formula is C23H27N5O2. The SMILES string of the molecule is Cc1ccc(Nc2nc3ccccc3nc2C(=O)NCCCN2CCOCC2)cc1. The number of benzene rings is 2. The van der Waals surface area contributed by atoms with Gasteiger partial charge in [0.05, 0.1) is 24.2 Å². The van der Waals surface area contributed by atoms with Crippen molar-refractivity contribution in [2.45, 2.75) is 13.3 Å². The summed E-state index contributed by atoms with van der Waals surface area (Å²) in [7, 11) is 0. The molecule has 156 valence electrons. The minimum atomic E-state index is -0.218. The highest BCUT2D eigenvalue weighted by atomic mass is 16.5. The van der Waals surface area contributed by atoms with Gasteiger partial charge in [0.15, 0.2) is 11.5 Å². The van der Waals surface area contributed by atoms with E-state index in [0.717, 1.165) is 50.5 Å². The Hall–Kier alpha value is -3.03. The van der Waals surface area contributed by atoms with Crippen LogP contribution in [0, 0.1) is 6.92 Å². The molecule has 2 N–H and O–H groups in total. The molecule has 7 heteroatoms. The van der Waals surface area contributed by atoms with Gasteiger partial charge in [-0.1, -0.05) is 29.8 Å². The monoisotopic (exact) mass is 405 g/mol. The van der Waals surface area contributed by atoms with Crippen LogP contribution < -0.4 is 10.6 Å². The Morgan fingerprint density at radius 2 is 1.73 bits per heavy atom. The largest absolute Gasteiger partial charge is 0.379 e. The summed E-state index contributed by atoms with van der Waals surface area (Å²) in [5, 5.41) is 6.26. The molecule has 1 fully saturated rings. The minimum absolute atomic E-state index is 0.218. The Morgan fingerprint density at radius 1 is 1.03 bits per heavy atom. The lowest BCUT2D eigenvalue weighted by molar-refractivity contribution is 0.0374. The second-order valence-corrected chi connectivity index (χ2v) is 7.46. The van der Waals surface area contributed by atoms with Crippen molar-refractivity contribution in [3.05, 3.63) is 59.8 Å². The quantitative estimate of drug-likeness (QED) is 0.588. The van der Waals surface area contributed by atoms with Gasteiger partial charge >= 0.3 is 0 Å². The van der Waals surface area contributed by atoms with E-state index < -0.39 is 0 Å². The van der Waals surface area contributed by atoms with E-state index in [1.54, 1.807) is 0 Å². The molecule has 0 radical (unpaired) electrons. The van der Waals surface area contributed by atoms with E-state index in [4.69, 9.17) is 4.74 Å². The van der Waals surface area contributed by atoms with Crippen molar-refractivity contribution in [3.63, 3.8) is 0 Å². The van der Waals surface area contributed by atoms with Crippen LogP contribution >= 0.6 is 0 Å². The maximum atomic E-state index is 12.9. The van der Waals surface area contributed by atoms with Crippen LogP contribution in [0.3, 0.4) is 0 Å². The Bertz CT molecular complexity index is 1000. The number of nitrogens with one attached hydrogen (secondary N) is 2. The molecule has 0 bridgehead atoms. The first-order chi connectivity index (χ1) is 14.7. The lowest BCUT2D eigenvalue weighted by Crippen LogP contribution is -2.38. The highest BCUT2D eigenvalue weighted by Crippen LogP contribution is 2.21. The average molecular weight is 406 g/mol. The van der Waals surface area contributed by atoms with E-state index in [0.29, 0.717) is 23.6 Å². The van der Waals surface area contributed by atoms with Crippen LogP contribution in [0.25, 0.3) is 11.0 Å². The molecule has 4 rings (SSSR count). The second kappa shape index (κ2) is 9.65. The fourth-order valence-electron chi connectivity index (χ4n) is 3.43. The highest BCUT2D eigenvalue weighted by Gasteiger charge is 2.17. The highest BCUT2D eigenvalue weighted by molar-refractivity contribution is 5.99. The van der Waals surface area contributed by atoms with Crippen LogP contribution in [0.4, 0.5) is 11.5 Å². The normalized spacial score (nSPS) is 14.6. The smallest absolute Gasteiger partial charge is 0.273 e. The predicted molar refractivity (Wildman–Crippen MR) is 118 cm³/mol. The molecule has 0 spiro atoms. The van der Waals surface area contributed by atoms with Crippen molar-refractivity contribution in [1.82, 2.24) is 20.2 Å². The third kappa shape index (κ3) is 5.11. The number of ether oxygens (including phenoxy) is 1. The van der Waals surface area contributed by atoms with Gasteiger partial charge in [0, 0.05) is 25.3 Å². The number of aryl methyl sites for hydroxylation is 1. The molecule has 3 aromatic rings. The van der Waals surface area contributed by atoms with Gasteiger partial charge in [-0.2, -0.15) is 0 Å². The van der Waals surface area contributed by atoms with Gasteiger partial charge in [0.2, 0.25) is 0 Å². The summed E-state index contributed by atoms with van der Waals surface area (Å²) >= 11 is 0. The van der Waals surface area contributed by atoms with Crippen LogP contribution in [-0.4, -0.2) is 60.2 Å². The summed E-state index contributed by atoms with van der Waals surface area (Å²) in [4.78, 5) is 24.5. The second-order valence-electron chi connectivity index (χ2n) is 7.46. The van der Waals surface area contributed by atoms with Gasteiger partial charge in [-0.05, 0) is 44.2 Å². The minimum Gasteiger partial charge on any atom is -0.379 e. The molecule has 1 aliphatic rings. The van der Waals surface area contributed by atoms with E-state index >= 15 is 0 Å². The van der Waals surface area contributed by atoms with Crippen molar-refractivity contribution >= 4 is 28.4 Å². The third-order valence-corrected chi connectivity index (χ3v) is 5.14. The molecule has 0 unspecified atom stereocenters. The van der Waals surface area contributed by atoms with Crippen molar-refractivity contribution < 1.29 is 9.53 Å². The molecular weight excluding hydrogens is 378 g/mol. The van der Waals surface area contributed by atoms with E-state index in [-0.39, 0.29) is 5.91 Å². The average Bonchev–Trinajstić information content (AvgIpc) is 2.78. The van der Waals surface area contributed by atoms with E-state index in [1.165, 1.54) is 5.56 Å². The zero-order valence-electron chi connectivity index (χ0n) is 17.2. The number of para-hydroxylation sites is 2. The first kappa shape index (κ1) is 20.3. The molecule has 0 saturated carbocycles. The topological polar surface area (TPSA) is 79.4 Å². The summed E-state index contributed by atoms with van der Waals surface area (Å²) < 4.78 is 5.37. The molecule has 30 heavy (non-hydrogen) atoms. The number of rotatable bonds is 7. The van der Waals surface area contributed by atoms with Crippen molar-refractivity contribution in [3.8, 4) is 0 Å². The Morgan fingerprint density at radius 3 is 2.47 bits per heavy atom. The number of carbonyl (C=O) groups excluding carboxylic acids is 1. The number of hydrogen-bond donors (Lipinski definition) is 2. The predicted octanol–water partition coefficient (Wildman–Crippen LogP) is 3.13. The van der Waals surface area contributed by atoms with Crippen LogP contribution in [0.1, 0.15) is 22.5 Å². The van der Waals surface area contributed by atoms with Gasteiger partial charge in [-0.25, -0.2) is 9.97 Å². The van der Waals surface area contributed by atoms with Crippen molar-refractivity contribution in [2.75, 3.05) is 44.7 Å². The summed E-state index contributed by atoms with van der Waals surface area (Å²) in [5.41, 5.74) is 3.79. The Labute approximate surface area is 176 Å². The van der Waals surface area contributed by atoms with Gasteiger partial charge < -0.3 is 15.4 Å². The summed E-state index contributed by atoms with van der Waals surface area (Å²) in [5.74, 6) is 0.244. The van der Waals surface area contributed by atoms with Crippen LogP contribution in [0.2, 0.25) is 0 Å². The zero-order valence-corrected chi connectivity index (χ0v) is 17.2. The first-order valence-corrected chi connectivity index (χ1v) is 10.4. The fourth-order valence-corrected chi connectivity index (χ4v) is 3.43. The molecule has 1 amide bonds. The van der Waals surface area contributed by atoms with E-state index in [9.17, 15) is 4.79 Å². The van der Waals surface area contributed by atoms with Crippen molar-refractivity contribution in [1.29, 1.82) is 0 Å². The van der Waals surface area contributed by atoms with Gasteiger partial charge in [0.25, 0.3) is 5.91 Å². The zero-order chi connectivity index (χ0) is 20.8. The lowest BCUT2D eigenvalue weighted by atomic mass is 10.2. The van der Waals surface area contributed by atoms with Crippen LogP contribution in [0.15, 0.2) is 48.5 Å². The number of aromatic nitrogens is 2. The summed E-state index contributed by atoms with van der Waals surface area (Å²) in [6.45, 7) is 7.05. The molecule has 1 aromatic heterocycles. The number of amides is 1. The van der Waals surface area contributed by atoms with Crippen LogP contribution in [-0.2, 0) is 4.74 Å². The van der Waals surface area contributed by atoms with Gasteiger partial charge in [-0.15, -0.1) is 0 Å². The number of carbonyl (C=O) groups is 1. The molecule has 7 nitrogen and oxygen atoms in total. The number of fused-ring (bicyclic) bond motifs is 1. The third-order valence-electron chi connectivity index (χ3n) is 5.14. The first-order valence-electron chi connectivity index (χ1n) is 10.4. The number of hydrogen-bond acceptors (Lipinski definition) is 6. The molecule has 2 aromatic carbocycles. The molecule has 0 aliphatic carbocycles. The van der Waals surface area contributed by atoms with E-state index in [1.807, 2.05) is 55.5 Å².